The van der Waals surface area contributed by atoms with Crippen molar-refractivity contribution in [3.05, 3.63) is 56.2 Å². The number of H-pyrrole nitrogens is 1. The molecule has 2 aromatic rings. The van der Waals surface area contributed by atoms with E-state index in [4.69, 9.17) is 0 Å². The van der Waals surface area contributed by atoms with E-state index in [1.165, 1.54) is 5.56 Å². The molecule has 0 unspecified atom stereocenters. The zero-order valence-electron chi connectivity index (χ0n) is 11.6. The first-order chi connectivity index (χ1) is 9.58. The molecule has 20 heavy (non-hydrogen) atoms. The number of hydrogen-bond acceptors (Lipinski definition) is 3. The van der Waals surface area contributed by atoms with Crippen LogP contribution in [-0.2, 0) is 12.8 Å². The summed E-state index contributed by atoms with van der Waals surface area (Å²) in [6, 6.07) is 7.37. The minimum absolute atomic E-state index is 0.210. The summed E-state index contributed by atoms with van der Waals surface area (Å²) in [7, 11) is 0. The number of aromatic amines is 1. The van der Waals surface area contributed by atoms with Gasteiger partial charge in [-0.05, 0) is 30.5 Å². The molecular formula is C15H18N2O3. The Morgan fingerprint density at radius 2 is 1.80 bits per heavy atom. The summed E-state index contributed by atoms with van der Waals surface area (Å²) in [4.78, 5) is 25.7. The van der Waals surface area contributed by atoms with E-state index in [9.17, 15) is 14.7 Å². The minimum atomic E-state index is -0.632. The molecule has 0 aliphatic heterocycles. The van der Waals surface area contributed by atoms with Crippen molar-refractivity contribution < 1.29 is 5.11 Å². The Bertz CT molecular complexity index is 711. The molecule has 2 rings (SSSR count). The number of nitrogens with one attached hydrogen (secondary N) is 1. The van der Waals surface area contributed by atoms with Crippen molar-refractivity contribution in [3.63, 3.8) is 0 Å². The van der Waals surface area contributed by atoms with Crippen LogP contribution in [0.5, 0.6) is 5.88 Å². The molecule has 0 spiro atoms. The average molecular weight is 274 g/mol. The van der Waals surface area contributed by atoms with Gasteiger partial charge in [-0.1, -0.05) is 32.4 Å². The lowest BCUT2D eigenvalue weighted by atomic mass is 10.1. The number of benzene rings is 1. The summed E-state index contributed by atoms with van der Waals surface area (Å²) in [6.07, 6.45) is 2.37. The second-order valence-corrected chi connectivity index (χ2v) is 4.67. The van der Waals surface area contributed by atoms with E-state index in [0.29, 0.717) is 12.1 Å². The van der Waals surface area contributed by atoms with Crippen LogP contribution in [0.4, 0.5) is 0 Å². The fourth-order valence-electron chi connectivity index (χ4n) is 2.22. The lowest BCUT2D eigenvalue weighted by Crippen LogP contribution is -2.31. The third-order valence-corrected chi connectivity index (χ3v) is 3.27. The van der Waals surface area contributed by atoms with Crippen LogP contribution in [0, 0.1) is 0 Å². The molecule has 1 heterocycles. The van der Waals surface area contributed by atoms with Crippen LogP contribution in [-0.4, -0.2) is 14.7 Å². The highest BCUT2D eigenvalue weighted by Gasteiger charge is 2.13. The van der Waals surface area contributed by atoms with Gasteiger partial charge in [0.25, 0.3) is 5.56 Å². The second kappa shape index (κ2) is 5.77. The van der Waals surface area contributed by atoms with Gasteiger partial charge >= 0.3 is 5.69 Å². The van der Waals surface area contributed by atoms with Crippen molar-refractivity contribution in [2.45, 2.75) is 33.1 Å². The number of aryl methyl sites for hydroxylation is 1. The molecule has 5 nitrogen and oxygen atoms in total. The predicted octanol–water partition coefficient (Wildman–Crippen LogP) is 1.75. The summed E-state index contributed by atoms with van der Waals surface area (Å²) >= 11 is 0. The van der Waals surface area contributed by atoms with Crippen LogP contribution in [0.1, 0.15) is 31.4 Å². The molecule has 0 radical (unpaired) electrons. The van der Waals surface area contributed by atoms with Crippen LogP contribution in [0.3, 0.4) is 0 Å². The molecule has 0 saturated carbocycles. The predicted molar refractivity (Wildman–Crippen MR) is 77.7 cm³/mol. The van der Waals surface area contributed by atoms with Gasteiger partial charge < -0.3 is 5.11 Å². The maximum Gasteiger partial charge on any atom is 0.335 e. The fourth-order valence-corrected chi connectivity index (χ4v) is 2.22. The summed E-state index contributed by atoms with van der Waals surface area (Å²) < 4.78 is 1.12. The van der Waals surface area contributed by atoms with Gasteiger partial charge in [-0.3, -0.25) is 9.78 Å². The Hall–Kier alpha value is -2.30. The van der Waals surface area contributed by atoms with E-state index in [1.807, 2.05) is 12.1 Å². The van der Waals surface area contributed by atoms with Crippen LogP contribution in [0.25, 0.3) is 5.69 Å². The van der Waals surface area contributed by atoms with Crippen LogP contribution in [0.2, 0.25) is 0 Å². The van der Waals surface area contributed by atoms with Crippen molar-refractivity contribution in [1.29, 1.82) is 0 Å². The maximum absolute atomic E-state index is 11.9. The molecule has 0 bridgehead atoms. The van der Waals surface area contributed by atoms with E-state index in [-0.39, 0.29) is 11.4 Å². The second-order valence-electron chi connectivity index (χ2n) is 4.67. The molecule has 106 valence electrons. The van der Waals surface area contributed by atoms with Gasteiger partial charge in [-0.2, -0.15) is 0 Å². The smallest absolute Gasteiger partial charge is 0.335 e. The topological polar surface area (TPSA) is 75.1 Å². The monoisotopic (exact) mass is 274 g/mol. The Morgan fingerprint density at radius 1 is 1.15 bits per heavy atom. The van der Waals surface area contributed by atoms with Gasteiger partial charge in [0, 0.05) is 0 Å². The van der Waals surface area contributed by atoms with Crippen molar-refractivity contribution in [1.82, 2.24) is 9.55 Å². The molecule has 0 saturated heterocycles. The molecular weight excluding hydrogens is 256 g/mol. The SMILES string of the molecule is CCCc1ccc(-n2c(O)c(CC)c(=O)[nH]c2=O)cc1. The third kappa shape index (κ3) is 2.52. The van der Waals surface area contributed by atoms with Gasteiger partial charge in [0.15, 0.2) is 0 Å². The van der Waals surface area contributed by atoms with Crippen molar-refractivity contribution in [2.24, 2.45) is 0 Å². The number of aromatic hydroxyl groups is 1. The van der Waals surface area contributed by atoms with Gasteiger partial charge in [0.1, 0.15) is 0 Å². The largest absolute Gasteiger partial charge is 0.494 e. The first kappa shape index (κ1) is 14.1. The van der Waals surface area contributed by atoms with Gasteiger partial charge in [0.05, 0.1) is 11.3 Å². The van der Waals surface area contributed by atoms with E-state index in [2.05, 4.69) is 11.9 Å². The van der Waals surface area contributed by atoms with Gasteiger partial charge in [-0.25, -0.2) is 9.36 Å². The summed E-state index contributed by atoms with van der Waals surface area (Å²) in [5, 5.41) is 10.1. The molecule has 0 atom stereocenters. The normalized spacial score (nSPS) is 10.7. The zero-order chi connectivity index (χ0) is 14.7. The first-order valence-electron chi connectivity index (χ1n) is 6.75. The maximum atomic E-state index is 11.9. The number of hydrogen-bond donors (Lipinski definition) is 2. The molecule has 0 fully saturated rings. The standard InChI is InChI=1S/C15H18N2O3/c1-3-5-10-6-8-11(9-7-10)17-14(19)12(4-2)13(18)16-15(17)20/h6-9,19H,3-5H2,1-2H3,(H,16,18,20). The molecule has 0 amide bonds. The Labute approximate surface area is 116 Å². The van der Waals surface area contributed by atoms with E-state index >= 15 is 0 Å². The van der Waals surface area contributed by atoms with Gasteiger partial charge in [-0.15, -0.1) is 0 Å². The lowest BCUT2D eigenvalue weighted by Gasteiger charge is -2.11. The molecule has 0 aliphatic rings. The third-order valence-electron chi connectivity index (χ3n) is 3.27. The van der Waals surface area contributed by atoms with Crippen LogP contribution < -0.4 is 11.2 Å². The zero-order valence-corrected chi connectivity index (χ0v) is 11.6. The minimum Gasteiger partial charge on any atom is -0.494 e. The summed E-state index contributed by atoms with van der Waals surface area (Å²) in [5.74, 6) is -0.288. The van der Waals surface area contributed by atoms with Gasteiger partial charge in [0.2, 0.25) is 5.88 Å². The highest BCUT2D eigenvalue weighted by atomic mass is 16.3. The molecule has 1 aromatic heterocycles. The highest BCUT2D eigenvalue weighted by molar-refractivity contribution is 5.39. The molecule has 1 aromatic carbocycles. The molecule has 0 aliphatic carbocycles. The van der Waals surface area contributed by atoms with E-state index in [0.717, 1.165) is 17.4 Å². The first-order valence-corrected chi connectivity index (χ1v) is 6.75. The number of aromatic nitrogens is 2. The van der Waals surface area contributed by atoms with Crippen LogP contribution in [0.15, 0.2) is 33.9 Å². The van der Waals surface area contributed by atoms with E-state index in [1.54, 1.807) is 19.1 Å². The number of rotatable bonds is 4. The number of nitrogens with zero attached hydrogens (tertiary/aromatic N) is 1. The van der Waals surface area contributed by atoms with Crippen LogP contribution >= 0.6 is 0 Å². The summed E-state index contributed by atoms with van der Waals surface area (Å²) in [6.45, 7) is 3.85. The van der Waals surface area contributed by atoms with E-state index < -0.39 is 11.2 Å². The average Bonchev–Trinajstić information content (AvgIpc) is 2.41. The molecule has 5 heteroatoms. The molecule has 2 N–H and O–H groups in total. The van der Waals surface area contributed by atoms with Crippen molar-refractivity contribution >= 4 is 0 Å². The summed E-state index contributed by atoms with van der Waals surface area (Å²) in [5.41, 5.74) is 0.756. The lowest BCUT2D eigenvalue weighted by molar-refractivity contribution is 0.423. The highest BCUT2D eigenvalue weighted by Crippen LogP contribution is 2.17. The van der Waals surface area contributed by atoms with Crippen molar-refractivity contribution in [2.75, 3.05) is 0 Å². The van der Waals surface area contributed by atoms with Crippen molar-refractivity contribution in [3.8, 4) is 11.6 Å². The Morgan fingerprint density at radius 3 is 2.35 bits per heavy atom. The quantitative estimate of drug-likeness (QED) is 0.891. The Kier molecular flexibility index (Phi) is 4.08. The fraction of sp³-hybridized carbons (Fsp3) is 0.333. The Balaban J connectivity index is 2.58.